The van der Waals surface area contributed by atoms with Gasteiger partial charge in [-0.25, -0.2) is 4.98 Å². The van der Waals surface area contributed by atoms with E-state index in [1.165, 1.54) is 6.42 Å². The van der Waals surface area contributed by atoms with Crippen LogP contribution in [0.5, 0.6) is 0 Å². The molecule has 0 aliphatic carbocycles. The van der Waals surface area contributed by atoms with Crippen LogP contribution in [0.15, 0.2) is 12.1 Å². The van der Waals surface area contributed by atoms with Gasteiger partial charge in [-0.2, -0.15) is 0 Å². The average Bonchev–Trinajstić information content (AvgIpc) is 2.14. The van der Waals surface area contributed by atoms with E-state index in [2.05, 4.69) is 11.9 Å². The summed E-state index contributed by atoms with van der Waals surface area (Å²) in [6, 6.07) is 3.90. The van der Waals surface area contributed by atoms with Crippen LogP contribution >= 0.6 is 0 Å². The maximum Gasteiger partial charge on any atom is 0.123 e. The topological polar surface area (TPSA) is 64.9 Å². The second-order valence-corrected chi connectivity index (χ2v) is 3.66. The summed E-state index contributed by atoms with van der Waals surface area (Å²) >= 11 is 0. The minimum atomic E-state index is 0.100. The number of nitrogens with two attached hydrogens (primary N) is 2. The average molecular weight is 193 g/mol. The minimum Gasteiger partial charge on any atom is -0.384 e. The number of pyridine rings is 1. The van der Waals surface area contributed by atoms with Gasteiger partial charge in [-0.3, -0.25) is 0 Å². The lowest BCUT2D eigenvalue weighted by Gasteiger charge is -2.13. The van der Waals surface area contributed by atoms with E-state index in [9.17, 15) is 0 Å². The van der Waals surface area contributed by atoms with Crippen LogP contribution in [0.3, 0.4) is 0 Å². The van der Waals surface area contributed by atoms with Crippen molar-refractivity contribution in [2.24, 2.45) is 5.73 Å². The highest BCUT2D eigenvalue weighted by Gasteiger charge is 2.08. The van der Waals surface area contributed by atoms with Gasteiger partial charge in [0, 0.05) is 11.7 Å². The van der Waals surface area contributed by atoms with Crippen molar-refractivity contribution < 1.29 is 0 Å². The summed E-state index contributed by atoms with van der Waals surface area (Å²) in [5, 5.41) is 0. The molecule has 0 amide bonds. The first-order valence-corrected chi connectivity index (χ1v) is 5.13. The number of aryl methyl sites for hydroxylation is 1. The van der Waals surface area contributed by atoms with Crippen LogP contribution in [0.2, 0.25) is 0 Å². The van der Waals surface area contributed by atoms with Crippen LogP contribution in [0, 0.1) is 6.92 Å². The predicted molar refractivity (Wildman–Crippen MR) is 59.8 cm³/mol. The molecule has 1 unspecified atom stereocenters. The van der Waals surface area contributed by atoms with Crippen LogP contribution in [0.1, 0.15) is 43.5 Å². The lowest BCUT2D eigenvalue weighted by Crippen LogP contribution is -2.12. The van der Waals surface area contributed by atoms with Gasteiger partial charge in [-0.15, -0.1) is 0 Å². The highest BCUT2D eigenvalue weighted by atomic mass is 14.8. The van der Waals surface area contributed by atoms with Crippen molar-refractivity contribution in [3.8, 4) is 0 Å². The molecule has 1 rings (SSSR count). The van der Waals surface area contributed by atoms with E-state index in [1.54, 1.807) is 0 Å². The summed E-state index contributed by atoms with van der Waals surface area (Å²) in [5.41, 5.74) is 13.7. The van der Waals surface area contributed by atoms with Gasteiger partial charge in [0.1, 0.15) is 5.82 Å². The molecule has 1 aromatic heterocycles. The molecule has 1 aromatic rings. The number of nitrogens with zero attached hydrogens (tertiary/aromatic N) is 1. The number of rotatable bonds is 4. The third-order valence-corrected chi connectivity index (χ3v) is 2.42. The molecule has 0 bridgehead atoms. The van der Waals surface area contributed by atoms with Gasteiger partial charge in [0.15, 0.2) is 0 Å². The predicted octanol–water partition coefficient (Wildman–Crippen LogP) is 2.16. The summed E-state index contributed by atoms with van der Waals surface area (Å²) in [7, 11) is 0. The van der Waals surface area contributed by atoms with E-state index in [1.807, 2.05) is 19.1 Å². The van der Waals surface area contributed by atoms with Crippen LogP contribution in [-0.2, 0) is 0 Å². The number of aromatic nitrogens is 1. The summed E-state index contributed by atoms with van der Waals surface area (Å²) in [6.45, 7) is 4.12. The molecule has 0 fully saturated rings. The maximum atomic E-state index is 6.05. The van der Waals surface area contributed by atoms with E-state index in [4.69, 9.17) is 11.5 Å². The van der Waals surface area contributed by atoms with Crippen molar-refractivity contribution in [3.63, 3.8) is 0 Å². The molecule has 14 heavy (non-hydrogen) atoms. The Balaban J connectivity index is 2.74. The van der Waals surface area contributed by atoms with Crippen LogP contribution in [0.4, 0.5) is 5.82 Å². The van der Waals surface area contributed by atoms with Crippen LogP contribution < -0.4 is 11.5 Å². The van der Waals surface area contributed by atoms with E-state index >= 15 is 0 Å². The molecule has 0 radical (unpaired) electrons. The van der Waals surface area contributed by atoms with E-state index in [0.717, 1.165) is 24.1 Å². The Morgan fingerprint density at radius 1 is 1.43 bits per heavy atom. The highest BCUT2D eigenvalue weighted by Crippen LogP contribution is 2.19. The van der Waals surface area contributed by atoms with Gasteiger partial charge in [-0.05, 0) is 25.0 Å². The zero-order valence-electron chi connectivity index (χ0n) is 8.96. The Bertz CT molecular complexity index is 297. The molecule has 3 heteroatoms. The van der Waals surface area contributed by atoms with Gasteiger partial charge >= 0.3 is 0 Å². The first-order valence-electron chi connectivity index (χ1n) is 5.13. The van der Waals surface area contributed by atoms with Crippen LogP contribution in [0.25, 0.3) is 0 Å². The zero-order chi connectivity index (χ0) is 10.6. The maximum absolute atomic E-state index is 6.05. The summed E-state index contributed by atoms with van der Waals surface area (Å²) < 4.78 is 0. The minimum absolute atomic E-state index is 0.100. The molecule has 0 aliphatic rings. The van der Waals surface area contributed by atoms with Crippen molar-refractivity contribution in [1.82, 2.24) is 4.98 Å². The number of hydrogen-bond donors (Lipinski definition) is 2. The SMILES string of the molecule is CCCCC(N)c1ccc(N)nc1C. The largest absolute Gasteiger partial charge is 0.384 e. The number of unbranched alkanes of at least 4 members (excludes halogenated alkanes) is 1. The molecular weight excluding hydrogens is 174 g/mol. The highest BCUT2D eigenvalue weighted by molar-refractivity contribution is 5.35. The molecule has 0 spiro atoms. The second kappa shape index (κ2) is 4.96. The van der Waals surface area contributed by atoms with Gasteiger partial charge in [0.05, 0.1) is 0 Å². The normalized spacial score (nSPS) is 12.8. The molecular formula is C11H19N3. The summed E-state index contributed by atoms with van der Waals surface area (Å²) in [5.74, 6) is 0.564. The third-order valence-electron chi connectivity index (χ3n) is 2.42. The quantitative estimate of drug-likeness (QED) is 0.770. The van der Waals surface area contributed by atoms with E-state index < -0.39 is 0 Å². The molecule has 78 valence electrons. The van der Waals surface area contributed by atoms with Gasteiger partial charge < -0.3 is 11.5 Å². The lowest BCUT2D eigenvalue weighted by molar-refractivity contribution is 0.599. The molecule has 0 saturated heterocycles. The molecule has 1 atom stereocenters. The Hall–Kier alpha value is -1.09. The number of hydrogen-bond acceptors (Lipinski definition) is 3. The van der Waals surface area contributed by atoms with Crippen molar-refractivity contribution in [3.05, 3.63) is 23.4 Å². The molecule has 3 nitrogen and oxygen atoms in total. The summed E-state index contributed by atoms with van der Waals surface area (Å²) in [4.78, 5) is 4.20. The molecule has 0 saturated carbocycles. The fraction of sp³-hybridized carbons (Fsp3) is 0.545. The van der Waals surface area contributed by atoms with Gasteiger partial charge in [0.2, 0.25) is 0 Å². The van der Waals surface area contributed by atoms with Crippen molar-refractivity contribution in [2.45, 2.75) is 39.2 Å². The van der Waals surface area contributed by atoms with Crippen molar-refractivity contribution >= 4 is 5.82 Å². The zero-order valence-corrected chi connectivity index (χ0v) is 8.96. The first-order chi connectivity index (χ1) is 6.65. The lowest BCUT2D eigenvalue weighted by atomic mass is 10.0. The Labute approximate surface area is 85.5 Å². The molecule has 0 aromatic carbocycles. The van der Waals surface area contributed by atoms with Crippen molar-refractivity contribution in [2.75, 3.05) is 5.73 Å². The molecule has 1 heterocycles. The fourth-order valence-electron chi connectivity index (χ4n) is 1.56. The standard InChI is InChI=1S/C11H19N3/c1-3-4-5-10(12)9-6-7-11(13)14-8(9)2/h6-7,10H,3-5,12H2,1-2H3,(H2,13,14). The molecule has 0 aliphatic heterocycles. The Morgan fingerprint density at radius 2 is 2.14 bits per heavy atom. The van der Waals surface area contributed by atoms with E-state index in [-0.39, 0.29) is 6.04 Å². The van der Waals surface area contributed by atoms with Crippen molar-refractivity contribution in [1.29, 1.82) is 0 Å². The smallest absolute Gasteiger partial charge is 0.123 e. The third kappa shape index (κ3) is 2.70. The molecule has 4 N–H and O–H groups in total. The van der Waals surface area contributed by atoms with Gasteiger partial charge in [-0.1, -0.05) is 25.8 Å². The first kappa shape index (κ1) is 11.0. The number of nitrogen functional groups attached to an aromatic ring is 1. The monoisotopic (exact) mass is 193 g/mol. The Kier molecular flexibility index (Phi) is 3.89. The van der Waals surface area contributed by atoms with E-state index in [0.29, 0.717) is 5.82 Å². The summed E-state index contributed by atoms with van der Waals surface area (Å²) in [6.07, 6.45) is 3.35. The number of anilines is 1. The fourth-order valence-corrected chi connectivity index (χ4v) is 1.56. The van der Waals surface area contributed by atoms with Gasteiger partial charge in [0.25, 0.3) is 0 Å². The van der Waals surface area contributed by atoms with Crippen LogP contribution in [-0.4, -0.2) is 4.98 Å². The Morgan fingerprint density at radius 3 is 2.71 bits per heavy atom. The second-order valence-electron chi connectivity index (χ2n) is 3.66.